The van der Waals surface area contributed by atoms with Gasteiger partial charge in [0.2, 0.25) is 0 Å². The third-order valence-electron chi connectivity index (χ3n) is 5.55. The summed E-state index contributed by atoms with van der Waals surface area (Å²) >= 11 is 5.51. The SMILES string of the molecule is ClCCOCCOCCOCCOCCOCCOCCOCCOCCOCCOCCOCCOCCOc1ccccc1. The highest BCUT2D eigenvalue weighted by atomic mass is 35.5. The molecule has 14 heteroatoms. The summed E-state index contributed by atoms with van der Waals surface area (Å²) in [6, 6.07) is 9.67. The quantitative estimate of drug-likeness (QED) is 0.0747. The zero-order chi connectivity index (χ0) is 32.7. The Morgan fingerprint density at radius 1 is 0.283 bits per heavy atom. The summed E-state index contributed by atoms with van der Waals surface area (Å²) in [6.45, 7) is 13.0. The highest BCUT2D eigenvalue weighted by Crippen LogP contribution is 2.07. The van der Waals surface area contributed by atoms with Crippen LogP contribution >= 0.6 is 11.6 Å². The monoisotopic (exact) mass is 684 g/mol. The first-order valence-corrected chi connectivity index (χ1v) is 16.6. The second-order valence-corrected chi connectivity index (χ2v) is 9.58. The van der Waals surface area contributed by atoms with Crippen molar-refractivity contribution in [3.63, 3.8) is 0 Å². The van der Waals surface area contributed by atoms with Gasteiger partial charge in [-0.05, 0) is 12.1 Å². The van der Waals surface area contributed by atoms with Crippen molar-refractivity contribution in [3.05, 3.63) is 30.3 Å². The first-order valence-electron chi connectivity index (χ1n) is 16.1. The first kappa shape index (κ1) is 42.9. The average molecular weight is 685 g/mol. The first-order chi connectivity index (χ1) is 22.9. The van der Waals surface area contributed by atoms with Gasteiger partial charge in [-0.2, -0.15) is 0 Å². The lowest BCUT2D eigenvalue weighted by atomic mass is 10.3. The standard InChI is InChI=1S/C32H57ClO13/c33-6-7-34-8-9-35-10-11-36-12-13-37-14-15-38-16-17-39-18-19-40-20-21-41-22-23-42-24-25-43-26-27-44-28-29-45-30-31-46-32-4-2-1-3-5-32/h1-5H,6-31H2. The van der Waals surface area contributed by atoms with E-state index in [1.807, 2.05) is 30.3 Å². The lowest BCUT2D eigenvalue weighted by molar-refractivity contribution is -0.0284. The molecule has 0 bridgehead atoms. The fraction of sp³-hybridized carbons (Fsp3) is 0.812. The van der Waals surface area contributed by atoms with Crippen LogP contribution in [0.5, 0.6) is 5.75 Å². The van der Waals surface area contributed by atoms with Crippen LogP contribution in [-0.2, 0) is 56.8 Å². The fourth-order valence-corrected chi connectivity index (χ4v) is 3.42. The Morgan fingerprint density at radius 2 is 0.500 bits per heavy atom. The van der Waals surface area contributed by atoms with Crippen molar-refractivity contribution >= 4 is 11.6 Å². The van der Waals surface area contributed by atoms with E-state index in [2.05, 4.69) is 0 Å². The Bertz CT molecular complexity index is 693. The van der Waals surface area contributed by atoms with E-state index in [0.29, 0.717) is 171 Å². The highest BCUT2D eigenvalue weighted by Gasteiger charge is 1.97. The van der Waals surface area contributed by atoms with Crippen LogP contribution in [0.25, 0.3) is 0 Å². The van der Waals surface area contributed by atoms with Crippen molar-refractivity contribution in [3.8, 4) is 5.75 Å². The van der Waals surface area contributed by atoms with Gasteiger partial charge < -0.3 is 61.6 Å². The maximum absolute atomic E-state index is 5.55. The number of benzene rings is 1. The molecule has 0 amide bonds. The number of halogens is 1. The molecule has 0 radical (unpaired) electrons. The molecule has 0 N–H and O–H groups in total. The number of hydrogen-bond acceptors (Lipinski definition) is 13. The van der Waals surface area contributed by atoms with Gasteiger partial charge in [-0.1, -0.05) is 18.2 Å². The minimum atomic E-state index is 0.497. The molecule has 270 valence electrons. The molecule has 0 unspecified atom stereocenters. The summed E-state index contributed by atoms with van der Waals surface area (Å²) in [5, 5.41) is 0. The van der Waals surface area contributed by atoms with Gasteiger partial charge in [-0.3, -0.25) is 0 Å². The van der Waals surface area contributed by atoms with Crippen LogP contribution in [-0.4, -0.2) is 171 Å². The number of para-hydroxylation sites is 1. The number of alkyl halides is 1. The van der Waals surface area contributed by atoms with E-state index in [1.165, 1.54) is 0 Å². The van der Waals surface area contributed by atoms with E-state index in [1.54, 1.807) is 0 Å². The maximum atomic E-state index is 5.55. The molecule has 0 fully saturated rings. The van der Waals surface area contributed by atoms with Crippen molar-refractivity contribution < 1.29 is 61.6 Å². The fourth-order valence-electron chi connectivity index (χ4n) is 3.31. The van der Waals surface area contributed by atoms with Crippen LogP contribution in [0.15, 0.2) is 30.3 Å². The van der Waals surface area contributed by atoms with Gasteiger partial charge in [0, 0.05) is 5.88 Å². The molecule has 1 aromatic rings. The smallest absolute Gasteiger partial charge is 0.119 e. The molecule has 0 saturated heterocycles. The van der Waals surface area contributed by atoms with E-state index in [4.69, 9.17) is 73.2 Å². The Hall–Kier alpha value is -1.17. The van der Waals surface area contributed by atoms with Crippen LogP contribution < -0.4 is 4.74 Å². The number of ether oxygens (including phenoxy) is 13. The van der Waals surface area contributed by atoms with E-state index in [-0.39, 0.29) is 0 Å². The van der Waals surface area contributed by atoms with Gasteiger partial charge in [-0.25, -0.2) is 0 Å². The Balaban J connectivity index is 1.61. The van der Waals surface area contributed by atoms with Gasteiger partial charge in [0.05, 0.1) is 159 Å². The normalized spacial score (nSPS) is 11.4. The van der Waals surface area contributed by atoms with Gasteiger partial charge in [0.15, 0.2) is 0 Å². The molecule has 0 aliphatic carbocycles. The van der Waals surface area contributed by atoms with Gasteiger partial charge >= 0.3 is 0 Å². The van der Waals surface area contributed by atoms with Crippen molar-refractivity contribution in [2.24, 2.45) is 0 Å². The summed E-state index contributed by atoms with van der Waals surface area (Å²) in [6.07, 6.45) is 0. The molecule has 0 aliphatic heterocycles. The van der Waals surface area contributed by atoms with Crippen LogP contribution in [0.3, 0.4) is 0 Å². The number of rotatable bonds is 39. The van der Waals surface area contributed by atoms with Gasteiger partial charge in [0.25, 0.3) is 0 Å². The van der Waals surface area contributed by atoms with Crippen molar-refractivity contribution in [2.45, 2.75) is 0 Å². The van der Waals surface area contributed by atoms with Crippen LogP contribution in [0.4, 0.5) is 0 Å². The molecule has 1 rings (SSSR count). The Morgan fingerprint density at radius 3 is 0.739 bits per heavy atom. The van der Waals surface area contributed by atoms with Gasteiger partial charge in [-0.15, -0.1) is 11.6 Å². The van der Waals surface area contributed by atoms with E-state index >= 15 is 0 Å². The van der Waals surface area contributed by atoms with Gasteiger partial charge in [0.1, 0.15) is 12.4 Å². The average Bonchev–Trinajstić information content (AvgIpc) is 3.08. The summed E-state index contributed by atoms with van der Waals surface area (Å²) in [7, 11) is 0. The molecule has 0 spiro atoms. The Kier molecular flexibility index (Phi) is 35.7. The van der Waals surface area contributed by atoms with Crippen molar-refractivity contribution in [1.82, 2.24) is 0 Å². The predicted octanol–water partition coefficient (Wildman–Crippen LogP) is 2.50. The van der Waals surface area contributed by atoms with Crippen LogP contribution in [0, 0.1) is 0 Å². The minimum absolute atomic E-state index is 0.497. The largest absolute Gasteiger partial charge is 0.491 e. The molecular formula is C32H57ClO13. The lowest BCUT2D eigenvalue weighted by Crippen LogP contribution is -2.15. The number of hydrogen-bond donors (Lipinski definition) is 0. The van der Waals surface area contributed by atoms with E-state index in [9.17, 15) is 0 Å². The molecular weight excluding hydrogens is 628 g/mol. The summed E-state index contributed by atoms with van der Waals surface area (Å²) in [5.41, 5.74) is 0. The minimum Gasteiger partial charge on any atom is -0.491 e. The second-order valence-electron chi connectivity index (χ2n) is 9.20. The van der Waals surface area contributed by atoms with Crippen LogP contribution in [0.2, 0.25) is 0 Å². The molecule has 46 heavy (non-hydrogen) atoms. The molecule has 0 saturated carbocycles. The molecule has 0 aromatic heterocycles. The third kappa shape index (κ3) is 34.2. The van der Waals surface area contributed by atoms with Crippen molar-refractivity contribution in [2.75, 3.05) is 171 Å². The van der Waals surface area contributed by atoms with E-state index in [0.717, 1.165) is 5.75 Å². The second kappa shape index (κ2) is 38.3. The summed E-state index contributed by atoms with van der Waals surface area (Å²) < 4.78 is 70.8. The topological polar surface area (TPSA) is 120 Å². The van der Waals surface area contributed by atoms with Crippen LogP contribution in [0.1, 0.15) is 0 Å². The molecule has 13 nitrogen and oxygen atoms in total. The predicted molar refractivity (Wildman–Crippen MR) is 172 cm³/mol. The van der Waals surface area contributed by atoms with Crippen molar-refractivity contribution in [1.29, 1.82) is 0 Å². The summed E-state index contributed by atoms with van der Waals surface area (Å²) in [4.78, 5) is 0. The Labute approximate surface area is 280 Å². The molecule has 0 heterocycles. The zero-order valence-corrected chi connectivity index (χ0v) is 28.2. The molecule has 0 atom stereocenters. The zero-order valence-electron chi connectivity index (χ0n) is 27.5. The molecule has 0 aliphatic rings. The molecule has 1 aromatic carbocycles. The highest BCUT2D eigenvalue weighted by molar-refractivity contribution is 6.17. The summed E-state index contributed by atoms with van der Waals surface area (Å²) in [5.74, 6) is 1.34. The third-order valence-corrected chi connectivity index (χ3v) is 5.71. The van der Waals surface area contributed by atoms with E-state index < -0.39 is 0 Å². The lowest BCUT2D eigenvalue weighted by Gasteiger charge is -2.09. The maximum Gasteiger partial charge on any atom is 0.119 e.